The van der Waals surface area contributed by atoms with Gasteiger partial charge in [0.25, 0.3) is 22.7 Å². The number of aromatic nitrogens is 3. The van der Waals surface area contributed by atoms with E-state index in [-0.39, 0.29) is 52.2 Å². The first-order valence-electron chi connectivity index (χ1n) is 13.0. The van der Waals surface area contributed by atoms with E-state index in [1.807, 2.05) is 0 Å². The van der Waals surface area contributed by atoms with E-state index >= 15 is 0 Å². The highest BCUT2D eigenvalue weighted by Crippen LogP contribution is 2.32. The number of amides is 2. The van der Waals surface area contributed by atoms with Gasteiger partial charge in [-0.1, -0.05) is 12.1 Å². The molecule has 43 heavy (non-hydrogen) atoms. The van der Waals surface area contributed by atoms with Crippen molar-refractivity contribution in [2.75, 3.05) is 11.1 Å². The molecule has 14 heteroatoms. The van der Waals surface area contributed by atoms with Crippen molar-refractivity contribution in [1.82, 2.24) is 25.2 Å². The van der Waals surface area contributed by atoms with Crippen LogP contribution < -0.4 is 32.5 Å². The van der Waals surface area contributed by atoms with Crippen LogP contribution in [0.1, 0.15) is 60.5 Å². The Morgan fingerprint density at radius 3 is 2.63 bits per heavy atom. The Kier molecular flexibility index (Phi) is 6.65. The largest absolute Gasteiger partial charge is 0.478 e. The Hall–Kier alpha value is -5.92. The van der Waals surface area contributed by atoms with Gasteiger partial charge in [0.15, 0.2) is 5.65 Å². The van der Waals surface area contributed by atoms with Gasteiger partial charge in [0, 0.05) is 18.7 Å². The van der Waals surface area contributed by atoms with Gasteiger partial charge < -0.3 is 26.8 Å². The highest BCUT2D eigenvalue weighted by molar-refractivity contribution is 5.98. The summed E-state index contributed by atoms with van der Waals surface area (Å²) in [5, 5.41) is 21.5. The minimum atomic E-state index is -1.03. The van der Waals surface area contributed by atoms with E-state index in [0.717, 1.165) is 17.2 Å². The second kappa shape index (κ2) is 10.5. The summed E-state index contributed by atoms with van der Waals surface area (Å²) in [5.41, 5.74) is 5.80. The Morgan fingerprint density at radius 2 is 1.86 bits per heavy atom. The monoisotopic (exact) mass is 583 g/mol. The summed E-state index contributed by atoms with van der Waals surface area (Å²) < 4.78 is 15.6. The van der Waals surface area contributed by atoms with Crippen LogP contribution in [0, 0.1) is 5.82 Å². The molecule has 5 aromatic rings. The number of aromatic carboxylic acids is 1. The van der Waals surface area contributed by atoms with Gasteiger partial charge in [0.1, 0.15) is 28.6 Å². The molecular weight excluding hydrogens is 561 g/mol. The van der Waals surface area contributed by atoms with Crippen LogP contribution in [0.2, 0.25) is 0 Å². The van der Waals surface area contributed by atoms with Crippen LogP contribution in [-0.2, 0) is 13.0 Å². The number of carboxylic acids is 1. The van der Waals surface area contributed by atoms with E-state index in [2.05, 4.69) is 26.0 Å². The number of nitrogens with two attached hydrogens (primary N) is 1. The van der Waals surface area contributed by atoms with Crippen molar-refractivity contribution in [3.8, 4) is 0 Å². The Morgan fingerprint density at radius 1 is 1.05 bits per heavy atom. The average molecular weight is 584 g/mol. The van der Waals surface area contributed by atoms with Crippen LogP contribution in [0.4, 0.5) is 21.5 Å². The maximum Gasteiger partial charge on any atom is 0.335 e. The van der Waals surface area contributed by atoms with Crippen LogP contribution in [0.15, 0.2) is 64.3 Å². The molecule has 0 bridgehead atoms. The van der Waals surface area contributed by atoms with Gasteiger partial charge in [-0.15, -0.1) is 0 Å². The number of nitrogens with zero attached hydrogens (tertiary/aromatic N) is 3. The van der Waals surface area contributed by atoms with Crippen LogP contribution in [0.5, 0.6) is 0 Å². The standard InChI is InChI=1S/C29H22FN7O6/c30-17-5-1-13(9-19(17)35-24-23(31)25(38)26(24)39)12-32-27(40)20-11-21(37-22(34-20)7-8-33-37)28(41)36-18-6-3-14-10-15(29(42)43)2-4-16(14)18/h1-2,4-5,7-11,18,35H,3,6,12,31H2,(H,32,40)(H,36,41)(H,42,43)/t18-/m0/s1. The van der Waals surface area contributed by atoms with Gasteiger partial charge in [-0.2, -0.15) is 5.10 Å². The molecule has 1 atom stereocenters. The molecule has 3 aromatic carbocycles. The zero-order valence-electron chi connectivity index (χ0n) is 22.2. The van der Waals surface area contributed by atoms with E-state index < -0.39 is 34.5 Å². The number of anilines is 3. The number of hydrogen-bond acceptors (Lipinski definition) is 9. The van der Waals surface area contributed by atoms with E-state index in [1.54, 1.807) is 12.1 Å². The Balaban J connectivity index is 1.18. The van der Waals surface area contributed by atoms with E-state index in [4.69, 9.17) is 5.73 Å². The number of aryl methyl sites for hydroxylation is 1. The third kappa shape index (κ3) is 4.94. The van der Waals surface area contributed by atoms with Crippen molar-refractivity contribution in [3.05, 3.63) is 115 Å². The Bertz CT molecular complexity index is 2050. The molecular formula is C29H22FN7O6. The second-order valence-electron chi connectivity index (χ2n) is 9.98. The first-order chi connectivity index (χ1) is 20.6. The number of carbonyl (C=O) groups is 3. The number of carboxylic acid groups (broad SMARTS) is 1. The summed E-state index contributed by atoms with van der Waals surface area (Å²) in [6.45, 7) is -0.0555. The lowest BCUT2D eigenvalue weighted by atomic mass is 10.0. The number of benzene rings is 2. The summed E-state index contributed by atoms with van der Waals surface area (Å²) in [5.74, 6) is -2.84. The zero-order valence-corrected chi connectivity index (χ0v) is 22.2. The van der Waals surface area contributed by atoms with E-state index in [0.29, 0.717) is 18.4 Å². The summed E-state index contributed by atoms with van der Waals surface area (Å²) in [7, 11) is 0. The maximum atomic E-state index is 14.3. The van der Waals surface area contributed by atoms with Gasteiger partial charge in [0.05, 0.1) is 23.5 Å². The summed E-state index contributed by atoms with van der Waals surface area (Å²) >= 11 is 0. The number of hydrogen-bond donors (Lipinski definition) is 5. The smallest absolute Gasteiger partial charge is 0.335 e. The van der Waals surface area contributed by atoms with Crippen molar-refractivity contribution in [3.63, 3.8) is 0 Å². The van der Waals surface area contributed by atoms with Gasteiger partial charge >= 0.3 is 5.97 Å². The minimum absolute atomic E-state index is 0.0555. The number of carbonyl (C=O) groups excluding carboxylic acids is 2. The number of rotatable bonds is 8. The van der Waals surface area contributed by atoms with E-state index in [1.165, 1.54) is 41.0 Å². The van der Waals surface area contributed by atoms with Gasteiger partial charge in [-0.25, -0.2) is 18.7 Å². The molecule has 0 spiro atoms. The summed E-state index contributed by atoms with van der Waals surface area (Å²) in [6, 6.07) is 11.2. The molecule has 0 saturated carbocycles. The molecule has 13 nitrogen and oxygen atoms in total. The van der Waals surface area contributed by atoms with Crippen molar-refractivity contribution in [2.24, 2.45) is 0 Å². The average Bonchev–Trinajstić information content (AvgIpc) is 3.65. The minimum Gasteiger partial charge on any atom is -0.478 e. The summed E-state index contributed by atoms with van der Waals surface area (Å²) in [6.07, 6.45) is 2.62. The van der Waals surface area contributed by atoms with E-state index in [9.17, 15) is 33.5 Å². The Labute approximate surface area is 240 Å². The van der Waals surface area contributed by atoms with Crippen molar-refractivity contribution in [1.29, 1.82) is 0 Å². The van der Waals surface area contributed by atoms with Gasteiger partial charge in [0.2, 0.25) is 0 Å². The fraction of sp³-hybridized carbons (Fsp3) is 0.138. The predicted molar refractivity (Wildman–Crippen MR) is 152 cm³/mol. The molecule has 2 heterocycles. The van der Waals surface area contributed by atoms with Crippen LogP contribution in [-0.4, -0.2) is 37.5 Å². The highest BCUT2D eigenvalue weighted by Gasteiger charge is 2.27. The second-order valence-corrected chi connectivity index (χ2v) is 9.98. The SMILES string of the molecule is Nc1c(Nc2cc(CNC(=O)c3cc(C(=O)N[C@H]4CCc5cc(C(=O)O)ccc54)n4nccc4n3)ccc2F)c(=O)c1=O. The van der Waals surface area contributed by atoms with Crippen LogP contribution in [0.3, 0.4) is 0 Å². The fourth-order valence-electron chi connectivity index (χ4n) is 5.04. The third-order valence-corrected chi connectivity index (χ3v) is 7.29. The number of halogens is 1. The normalized spacial score (nSPS) is 14.0. The molecule has 2 amide bonds. The lowest BCUT2D eigenvalue weighted by Gasteiger charge is -2.15. The molecule has 0 unspecified atom stereocenters. The lowest BCUT2D eigenvalue weighted by molar-refractivity contribution is 0.0696. The third-order valence-electron chi connectivity index (χ3n) is 7.29. The van der Waals surface area contributed by atoms with Crippen molar-refractivity contribution >= 4 is 40.5 Å². The topological polar surface area (TPSA) is 198 Å². The quantitative estimate of drug-likeness (QED) is 0.168. The highest BCUT2D eigenvalue weighted by atomic mass is 19.1. The van der Waals surface area contributed by atoms with Crippen molar-refractivity contribution in [2.45, 2.75) is 25.4 Å². The molecule has 6 N–H and O–H groups in total. The van der Waals surface area contributed by atoms with Gasteiger partial charge in [-0.3, -0.25) is 19.2 Å². The predicted octanol–water partition coefficient (Wildman–Crippen LogP) is 1.84. The van der Waals surface area contributed by atoms with Crippen LogP contribution >= 0.6 is 0 Å². The molecule has 1 aliphatic carbocycles. The van der Waals surface area contributed by atoms with Crippen LogP contribution in [0.25, 0.3) is 5.65 Å². The number of nitrogens with one attached hydrogen (secondary N) is 3. The maximum absolute atomic E-state index is 14.3. The van der Waals surface area contributed by atoms with Gasteiger partial charge in [-0.05, 0) is 53.8 Å². The molecule has 0 aliphatic heterocycles. The summed E-state index contributed by atoms with van der Waals surface area (Å²) in [4.78, 5) is 65.1. The number of fused-ring (bicyclic) bond motifs is 2. The fourth-order valence-corrected chi connectivity index (χ4v) is 5.04. The molecule has 2 aromatic heterocycles. The first kappa shape index (κ1) is 27.3. The molecule has 1 aliphatic rings. The molecule has 6 rings (SSSR count). The molecule has 216 valence electrons. The molecule has 0 saturated heterocycles. The first-order valence-corrected chi connectivity index (χ1v) is 13.0. The zero-order chi connectivity index (χ0) is 30.4. The number of nitrogen functional groups attached to an aromatic ring is 1. The molecule has 0 fully saturated rings. The van der Waals surface area contributed by atoms with Crippen molar-refractivity contribution < 1.29 is 23.9 Å². The molecule has 0 radical (unpaired) electrons. The lowest BCUT2D eigenvalue weighted by Crippen LogP contribution is -2.36.